The van der Waals surface area contributed by atoms with Crippen LogP contribution in [0.4, 0.5) is 13.2 Å². The van der Waals surface area contributed by atoms with E-state index in [2.05, 4.69) is 39.4 Å². The molecule has 1 atom stereocenters. The molecule has 178 valence electrons. The minimum Gasteiger partial charge on any atom is -0.468 e. The first-order chi connectivity index (χ1) is 14.3. The zero-order valence-corrected chi connectivity index (χ0v) is 20.6. The van der Waals surface area contributed by atoms with E-state index in [9.17, 15) is 13.2 Å². The number of aromatic nitrogens is 1. The first kappa shape index (κ1) is 27.7. The third-order valence-corrected chi connectivity index (χ3v) is 4.32. The van der Waals surface area contributed by atoms with E-state index in [4.69, 9.17) is 9.47 Å². The van der Waals surface area contributed by atoms with Crippen molar-refractivity contribution >= 4 is 29.9 Å². The average Bonchev–Trinajstić information content (AvgIpc) is 2.68. The largest absolute Gasteiger partial charge is 0.468 e. The van der Waals surface area contributed by atoms with E-state index in [0.717, 1.165) is 19.6 Å². The van der Waals surface area contributed by atoms with Gasteiger partial charge in [-0.3, -0.25) is 4.90 Å². The fourth-order valence-electron chi connectivity index (χ4n) is 3.13. The minimum atomic E-state index is -4.42. The Hall–Kier alpha value is -1.34. The molecular weight excluding hydrogens is 526 g/mol. The van der Waals surface area contributed by atoms with Gasteiger partial charge in [0.2, 0.25) is 5.88 Å². The highest BCUT2D eigenvalue weighted by molar-refractivity contribution is 14.0. The van der Waals surface area contributed by atoms with Crippen molar-refractivity contribution in [2.24, 2.45) is 10.9 Å². The Bertz CT molecular complexity index is 676. The summed E-state index contributed by atoms with van der Waals surface area (Å²) >= 11 is 0. The summed E-state index contributed by atoms with van der Waals surface area (Å²) < 4.78 is 48.0. The molecule has 31 heavy (non-hydrogen) atoms. The van der Waals surface area contributed by atoms with Crippen LogP contribution < -0.4 is 15.4 Å². The van der Waals surface area contributed by atoms with Gasteiger partial charge in [0.15, 0.2) is 12.6 Å². The molecule has 0 aromatic carbocycles. The molecule has 1 unspecified atom stereocenters. The number of halogens is 4. The Balaban J connectivity index is 0.00000480. The second kappa shape index (κ2) is 13.9. The summed E-state index contributed by atoms with van der Waals surface area (Å²) in [5.74, 6) is 1.10. The summed E-state index contributed by atoms with van der Waals surface area (Å²) in [6.07, 6.45) is -2.98. The lowest BCUT2D eigenvalue weighted by molar-refractivity contribution is -0.154. The van der Waals surface area contributed by atoms with Crippen LogP contribution in [0.1, 0.15) is 26.3 Å². The first-order valence-electron chi connectivity index (χ1n) is 10.3. The molecule has 11 heteroatoms. The van der Waals surface area contributed by atoms with E-state index in [0.29, 0.717) is 37.1 Å². The van der Waals surface area contributed by atoms with Gasteiger partial charge in [0, 0.05) is 44.5 Å². The SMILES string of the molecule is CCNC(=NCc1cccnc1OCC(F)(F)F)NCC1CN(CC(C)C)CCO1.I. The molecule has 0 bridgehead atoms. The average molecular weight is 559 g/mol. The number of pyridine rings is 1. The molecule has 2 N–H and O–H groups in total. The maximum Gasteiger partial charge on any atom is 0.422 e. The summed E-state index contributed by atoms with van der Waals surface area (Å²) in [4.78, 5) is 10.8. The van der Waals surface area contributed by atoms with E-state index >= 15 is 0 Å². The molecule has 0 radical (unpaired) electrons. The zero-order valence-electron chi connectivity index (χ0n) is 18.2. The quantitative estimate of drug-likeness (QED) is 0.276. The van der Waals surface area contributed by atoms with E-state index < -0.39 is 12.8 Å². The Kier molecular flexibility index (Phi) is 12.5. The fraction of sp³-hybridized carbons (Fsp3) is 0.700. The molecule has 0 aliphatic carbocycles. The predicted molar refractivity (Wildman–Crippen MR) is 125 cm³/mol. The monoisotopic (exact) mass is 559 g/mol. The predicted octanol–water partition coefficient (Wildman–Crippen LogP) is 3.05. The van der Waals surface area contributed by atoms with Crippen LogP contribution in [0.5, 0.6) is 5.88 Å². The maximum absolute atomic E-state index is 12.4. The number of ether oxygens (including phenoxy) is 2. The van der Waals surface area contributed by atoms with Gasteiger partial charge in [-0.15, -0.1) is 24.0 Å². The standard InChI is InChI=1S/C20H32F3N5O2.HI/c1-4-24-19(27-11-17-13-28(8-9-29-17)12-15(2)3)26-10-16-6-5-7-25-18(16)30-14-20(21,22)23;/h5-7,15,17H,4,8-14H2,1-3H3,(H2,24,26,27);1H. The molecule has 0 spiro atoms. The lowest BCUT2D eigenvalue weighted by Crippen LogP contribution is -2.50. The van der Waals surface area contributed by atoms with Crippen molar-refractivity contribution in [2.75, 3.05) is 45.9 Å². The van der Waals surface area contributed by atoms with Crippen LogP contribution >= 0.6 is 24.0 Å². The van der Waals surface area contributed by atoms with Crippen molar-refractivity contribution in [3.63, 3.8) is 0 Å². The topological polar surface area (TPSA) is 71.0 Å². The van der Waals surface area contributed by atoms with E-state index in [1.165, 1.54) is 6.20 Å². The van der Waals surface area contributed by atoms with Gasteiger partial charge in [-0.05, 0) is 18.9 Å². The second-order valence-electron chi connectivity index (χ2n) is 7.59. The van der Waals surface area contributed by atoms with Gasteiger partial charge in [-0.1, -0.05) is 19.9 Å². The van der Waals surface area contributed by atoms with Crippen molar-refractivity contribution in [1.82, 2.24) is 20.5 Å². The third-order valence-electron chi connectivity index (χ3n) is 4.32. The molecular formula is C20H33F3IN5O2. The lowest BCUT2D eigenvalue weighted by atomic mass is 10.2. The highest BCUT2D eigenvalue weighted by Crippen LogP contribution is 2.20. The van der Waals surface area contributed by atoms with E-state index in [1.807, 2.05) is 6.92 Å². The zero-order chi connectivity index (χ0) is 22.0. The summed E-state index contributed by atoms with van der Waals surface area (Å²) in [5.41, 5.74) is 0.482. The Morgan fingerprint density at radius 2 is 2.16 bits per heavy atom. The van der Waals surface area contributed by atoms with E-state index in [-0.39, 0.29) is 42.5 Å². The second-order valence-corrected chi connectivity index (χ2v) is 7.59. The van der Waals surface area contributed by atoms with Crippen LogP contribution in [0.25, 0.3) is 0 Å². The van der Waals surface area contributed by atoms with E-state index in [1.54, 1.807) is 12.1 Å². The van der Waals surface area contributed by atoms with Crippen LogP contribution in [-0.4, -0.2) is 74.1 Å². The number of nitrogens with one attached hydrogen (secondary N) is 2. The number of guanidine groups is 1. The number of aliphatic imine (C=N–C) groups is 1. The van der Waals surface area contributed by atoms with Gasteiger partial charge in [-0.25, -0.2) is 9.98 Å². The Morgan fingerprint density at radius 3 is 2.84 bits per heavy atom. The van der Waals surface area contributed by atoms with Crippen LogP contribution in [0.3, 0.4) is 0 Å². The molecule has 1 aromatic heterocycles. The Labute approximate surface area is 199 Å². The maximum atomic E-state index is 12.4. The van der Waals surface area contributed by atoms with Crippen LogP contribution in [0.15, 0.2) is 23.3 Å². The van der Waals surface area contributed by atoms with Crippen molar-refractivity contribution in [1.29, 1.82) is 0 Å². The third kappa shape index (κ3) is 11.2. The van der Waals surface area contributed by atoms with Gasteiger partial charge >= 0.3 is 6.18 Å². The highest BCUT2D eigenvalue weighted by Gasteiger charge is 2.29. The molecule has 0 amide bonds. The summed E-state index contributed by atoms with van der Waals surface area (Å²) in [5, 5.41) is 6.40. The van der Waals surface area contributed by atoms with Gasteiger partial charge in [0.25, 0.3) is 0 Å². The number of rotatable bonds is 9. The number of nitrogens with zero attached hydrogens (tertiary/aromatic N) is 3. The van der Waals surface area contributed by atoms with Crippen LogP contribution in [0.2, 0.25) is 0 Å². The molecule has 2 heterocycles. The van der Waals surface area contributed by atoms with Gasteiger partial charge in [0.1, 0.15) is 0 Å². The first-order valence-corrected chi connectivity index (χ1v) is 10.3. The molecule has 7 nitrogen and oxygen atoms in total. The number of alkyl halides is 3. The number of hydrogen-bond acceptors (Lipinski definition) is 5. The van der Waals surface area contributed by atoms with Crippen molar-refractivity contribution < 1.29 is 22.6 Å². The number of morpholine rings is 1. The summed E-state index contributed by atoms with van der Waals surface area (Å²) in [7, 11) is 0. The van der Waals surface area contributed by atoms with Gasteiger partial charge < -0.3 is 20.1 Å². The summed E-state index contributed by atoms with van der Waals surface area (Å²) in [6.45, 7) is 9.86. The van der Waals surface area contributed by atoms with Gasteiger partial charge in [0.05, 0.1) is 19.3 Å². The molecule has 1 aromatic rings. The number of hydrogen-bond donors (Lipinski definition) is 2. The van der Waals surface area contributed by atoms with Crippen molar-refractivity contribution in [2.45, 2.75) is 39.6 Å². The molecule has 1 fully saturated rings. The lowest BCUT2D eigenvalue weighted by Gasteiger charge is -2.34. The summed E-state index contributed by atoms with van der Waals surface area (Å²) in [6, 6.07) is 3.30. The Morgan fingerprint density at radius 1 is 1.39 bits per heavy atom. The molecule has 0 saturated carbocycles. The van der Waals surface area contributed by atoms with Crippen LogP contribution in [-0.2, 0) is 11.3 Å². The van der Waals surface area contributed by atoms with Crippen LogP contribution in [0, 0.1) is 5.92 Å². The molecule has 2 rings (SSSR count). The van der Waals surface area contributed by atoms with Gasteiger partial charge in [-0.2, -0.15) is 13.2 Å². The smallest absolute Gasteiger partial charge is 0.422 e. The fourth-order valence-corrected chi connectivity index (χ4v) is 3.13. The molecule has 1 aliphatic heterocycles. The van der Waals surface area contributed by atoms with Crippen molar-refractivity contribution in [3.8, 4) is 5.88 Å². The van der Waals surface area contributed by atoms with Crippen molar-refractivity contribution in [3.05, 3.63) is 23.9 Å². The highest BCUT2D eigenvalue weighted by atomic mass is 127. The normalized spacial score (nSPS) is 17.9. The molecule has 1 aliphatic rings. The minimum absolute atomic E-state index is 0. The molecule has 1 saturated heterocycles.